The molecule has 0 unspecified atom stereocenters. The minimum atomic E-state index is -4.48. The summed E-state index contributed by atoms with van der Waals surface area (Å²) in [5, 5.41) is 20.6. The number of benzene rings is 3. The summed E-state index contributed by atoms with van der Waals surface area (Å²) in [5.74, 6) is -0.0377. The van der Waals surface area contributed by atoms with E-state index in [2.05, 4.69) is 10.2 Å². The quantitative estimate of drug-likeness (QED) is 0.327. The molecule has 4 aromatic rings. The number of phenolic OH excluding ortho intramolecular Hbond substituents is 1. The molecule has 0 bridgehead atoms. The number of aromatic nitrogens is 3. The van der Waals surface area contributed by atoms with Crippen molar-refractivity contribution in [3.8, 4) is 11.4 Å². The van der Waals surface area contributed by atoms with Crippen LogP contribution in [0.15, 0.2) is 54.6 Å². The van der Waals surface area contributed by atoms with Crippen molar-refractivity contribution in [2.45, 2.75) is 51.6 Å². The van der Waals surface area contributed by atoms with Crippen LogP contribution in [-0.4, -0.2) is 20.1 Å². The molecule has 178 valence electrons. The molecular formula is C26H25ClF3N3O. The molecule has 3 aromatic carbocycles. The van der Waals surface area contributed by atoms with Gasteiger partial charge in [0.25, 0.3) is 0 Å². The van der Waals surface area contributed by atoms with Gasteiger partial charge in [0.1, 0.15) is 22.5 Å². The number of rotatable bonds is 3. The fraction of sp³-hybridized carbons (Fsp3) is 0.308. The molecule has 1 N–H and O–H groups in total. The second-order valence-electron chi connectivity index (χ2n) is 9.96. The monoisotopic (exact) mass is 487 g/mol. The van der Waals surface area contributed by atoms with Crippen molar-refractivity contribution in [3.05, 3.63) is 81.9 Å². The number of fused-ring (bicyclic) bond motifs is 1. The number of phenols is 1. The highest BCUT2D eigenvalue weighted by Crippen LogP contribution is 2.42. The summed E-state index contributed by atoms with van der Waals surface area (Å²) in [6.07, 6.45) is -4.48. The van der Waals surface area contributed by atoms with Gasteiger partial charge in [-0.05, 0) is 52.9 Å². The topological polar surface area (TPSA) is 50.9 Å². The van der Waals surface area contributed by atoms with Crippen LogP contribution in [0.25, 0.3) is 16.7 Å². The maximum atomic E-state index is 13.2. The van der Waals surface area contributed by atoms with Gasteiger partial charge in [-0.3, -0.25) is 0 Å². The summed E-state index contributed by atoms with van der Waals surface area (Å²) in [6, 6.07) is 14.4. The van der Waals surface area contributed by atoms with E-state index in [1.807, 2.05) is 52.8 Å². The molecule has 0 amide bonds. The number of hydrogen-bond acceptors (Lipinski definition) is 3. The van der Waals surface area contributed by atoms with Crippen molar-refractivity contribution in [2.75, 3.05) is 0 Å². The smallest absolute Gasteiger partial charge is 0.416 e. The standard InChI is InChI=1S/C26H25ClF3N3O/c1-24(2,3)17-12-19(25(4,5)15-6-9-18(27)10-7-15)23(34)22(14-17)33-31-20-11-8-16(26(28,29)30)13-21(20)32-33/h6-14,34H,1-5H3. The predicted octanol–water partition coefficient (Wildman–Crippen LogP) is 7.42. The van der Waals surface area contributed by atoms with Crippen LogP contribution in [0.1, 0.15) is 56.9 Å². The van der Waals surface area contributed by atoms with Crippen LogP contribution in [0, 0.1) is 0 Å². The molecule has 0 atom stereocenters. The Morgan fingerprint density at radius 3 is 1.94 bits per heavy atom. The number of nitrogens with zero attached hydrogens (tertiary/aromatic N) is 3. The molecule has 0 radical (unpaired) electrons. The Morgan fingerprint density at radius 2 is 1.35 bits per heavy atom. The van der Waals surface area contributed by atoms with Crippen LogP contribution >= 0.6 is 11.6 Å². The normalized spacial score (nSPS) is 13.0. The van der Waals surface area contributed by atoms with Crippen molar-refractivity contribution < 1.29 is 18.3 Å². The van der Waals surface area contributed by atoms with Crippen LogP contribution < -0.4 is 0 Å². The van der Waals surface area contributed by atoms with Crippen molar-refractivity contribution in [3.63, 3.8) is 0 Å². The highest BCUT2D eigenvalue weighted by molar-refractivity contribution is 6.30. The SMILES string of the molecule is CC(C)(C)c1cc(-n2nc3ccc(C(F)(F)F)cc3n2)c(O)c(C(C)(C)c2ccc(Cl)cc2)c1. The van der Waals surface area contributed by atoms with Crippen LogP contribution in [0.2, 0.25) is 5.02 Å². The molecule has 0 aliphatic carbocycles. The number of hydrogen-bond donors (Lipinski definition) is 1. The van der Waals surface area contributed by atoms with E-state index < -0.39 is 17.2 Å². The Morgan fingerprint density at radius 1 is 0.765 bits per heavy atom. The summed E-state index contributed by atoms with van der Waals surface area (Å²) >= 11 is 6.07. The summed E-state index contributed by atoms with van der Waals surface area (Å²) in [7, 11) is 0. The molecule has 1 heterocycles. The van der Waals surface area contributed by atoms with Crippen LogP contribution in [-0.2, 0) is 17.0 Å². The first-order valence-electron chi connectivity index (χ1n) is 10.8. The molecule has 1 aromatic heterocycles. The molecule has 0 aliphatic rings. The van der Waals surface area contributed by atoms with E-state index in [1.54, 1.807) is 18.2 Å². The van der Waals surface area contributed by atoms with Gasteiger partial charge in [0.15, 0.2) is 0 Å². The van der Waals surface area contributed by atoms with Gasteiger partial charge >= 0.3 is 6.18 Å². The summed E-state index contributed by atoms with van der Waals surface area (Å²) in [4.78, 5) is 1.21. The van der Waals surface area contributed by atoms with Crippen LogP contribution in [0.4, 0.5) is 13.2 Å². The molecule has 8 heteroatoms. The maximum absolute atomic E-state index is 13.2. The van der Waals surface area contributed by atoms with Gasteiger partial charge in [0.05, 0.1) is 5.56 Å². The third-order valence-electron chi connectivity index (χ3n) is 6.12. The molecule has 0 fully saturated rings. The molecule has 0 saturated heterocycles. The molecule has 34 heavy (non-hydrogen) atoms. The fourth-order valence-electron chi connectivity index (χ4n) is 3.90. The van der Waals surface area contributed by atoms with Gasteiger partial charge in [-0.2, -0.15) is 13.2 Å². The Labute approximate surface area is 201 Å². The zero-order valence-electron chi connectivity index (χ0n) is 19.5. The predicted molar refractivity (Wildman–Crippen MR) is 128 cm³/mol. The number of alkyl halides is 3. The minimum absolute atomic E-state index is 0.0377. The average Bonchev–Trinajstić information content (AvgIpc) is 3.15. The first-order chi connectivity index (χ1) is 15.7. The second-order valence-corrected chi connectivity index (χ2v) is 10.4. The third kappa shape index (κ3) is 4.37. The van der Waals surface area contributed by atoms with E-state index in [0.717, 1.165) is 23.3 Å². The lowest BCUT2D eigenvalue weighted by molar-refractivity contribution is -0.137. The highest BCUT2D eigenvalue weighted by Gasteiger charge is 2.32. The first-order valence-corrected chi connectivity index (χ1v) is 11.1. The van der Waals surface area contributed by atoms with Crippen molar-refractivity contribution in [2.24, 2.45) is 0 Å². The molecule has 0 saturated carbocycles. The minimum Gasteiger partial charge on any atom is -0.505 e. The molecular weight excluding hydrogens is 463 g/mol. The number of halogens is 4. The highest BCUT2D eigenvalue weighted by atomic mass is 35.5. The lowest BCUT2D eigenvalue weighted by Crippen LogP contribution is -2.22. The van der Waals surface area contributed by atoms with Gasteiger partial charge in [-0.15, -0.1) is 15.0 Å². The Bertz CT molecular complexity index is 1370. The molecule has 4 rings (SSSR count). The molecule has 0 aliphatic heterocycles. The van der Waals surface area contributed by atoms with Gasteiger partial charge in [0, 0.05) is 16.0 Å². The third-order valence-corrected chi connectivity index (χ3v) is 6.37. The zero-order chi connectivity index (χ0) is 25.1. The van der Waals surface area contributed by atoms with E-state index in [-0.39, 0.29) is 16.7 Å². The second kappa shape index (κ2) is 8.01. The zero-order valence-corrected chi connectivity index (χ0v) is 20.3. The van der Waals surface area contributed by atoms with Crippen LogP contribution in [0.5, 0.6) is 5.75 Å². The first kappa shape index (κ1) is 24.1. The van der Waals surface area contributed by atoms with Crippen molar-refractivity contribution in [1.29, 1.82) is 0 Å². The van der Waals surface area contributed by atoms with E-state index in [1.165, 1.54) is 10.9 Å². The van der Waals surface area contributed by atoms with Crippen molar-refractivity contribution >= 4 is 22.6 Å². The Balaban J connectivity index is 1.94. The lowest BCUT2D eigenvalue weighted by atomic mass is 9.75. The van der Waals surface area contributed by atoms with Crippen molar-refractivity contribution in [1.82, 2.24) is 15.0 Å². The average molecular weight is 488 g/mol. The van der Waals surface area contributed by atoms with E-state index >= 15 is 0 Å². The fourth-order valence-corrected chi connectivity index (χ4v) is 4.03. The van der Waals surface area contributed by atoms with E-state index in [9.17, 15) is 18.3 Å². The van der Waals surface area contributed by atoms with Gasteiger partial charge in [0.2, 0.25) is 0 Å². The largest absolute Gasteiger partial charge is 0.505 e. The van der Waals surface area contributed by atoms with E-state index in [0.29, 0.717) is 21.8 Å². The molecule has 0 spiro atoms. The van der Waals surface area contributed by atoms with Gasteiger partial charge < -0.3 is 5.11 Å². The molecule has 4 nitrogen and oxygen atoms in total. The van der Waals surface area contributed by atoms with Gasteiger partial charge in [-0.25, -0.2) is 0 Å². The Hall–Kier alpha value is -3.06. The number of aromatic hydroxyl groups is 1. The van der Waals surface area contributed by atoms with E-state index in [4.69, 9.17) is 11.6 Å². The van der Waals surface area contributed by atoms with Crippen LogP contribution in [0.3, 0.4) is 0 Å². The lowest BCUT2D eigenvalue weighted by Gasteiger charge is -2.30. The summed E-state index contributed by atoms with van der Waals surface area (Å²) in [6.45, 7) is 10.1. The maximum Gasteiger partial charge on any atom is 0.416 e. The summed E-state index contributed by atoms with van der Waals surface area (Å²) < 4.78 is 39.5. The Kier molecular flexibility index (Phi) is 5.67. The van der Waals surface area contributed by atoms with Gasteiger partial charge in [-0.1, -0.05) is 64.4 Å². The summed E-state index contributed by atoms with van der Waals surface area (Å²) in [5.41, 5.74) is 1.52.